The maximum absolute atomic E-state index is 5.61. The number of hydrogen-bond acceptors (Lipinski definition) is 3. The largest absolute Gasteiger partial charge is 0.325 e. The van der Waals surface area contributed by atoms with Gasteiger partial charge in [-0.15, -0.1) is 0 Å². The highest BCUT2D eigenvalue weighted by molar-refractivity contribution is 5.34. The summed E-state index contributed by atoms with van der Waals surface area (Å²) < 4.78 is 1.99. The molecule has 0 aliphatic heterocycles. The van der Waals surface area contributed by atoms with E-state index < -0.39 is 0 Å². The molecule has 1 saturated carbocycles. The lowest BCUT2D eigenvalue weighted by Gasteiger charge is -2.01. The Hall–Kier alpha value is -1.42. The predicted molar refractivity (Wildman–Crippen MR) is 52.9 cm³/mol. The number of nitrogens with zero attached hydrogens (tertiary/aromatic N) is 3. The first kappa shape index (κ1) is 7.94. The molecule has 3 rings (SSSR count). The van der Waals surface area contributed by atoms with Crippen LogP contribution in [0.25, 0.3) is 5.78 Å². The van der Waals surface area contributed by atoms with E-state index in [0.29, 0.717) is 6.54 Å². The summed E-state index contributed by atoms with van der Waals surface area (Å²) in [5.41, 5.74) is 7.95. The fraction of sp³-hybridized carbons (Fsp3) is 0.400. The molecule has 0 saturated heterocycles. The van der Waals surface area contributed by atoms with Gasteiger partial charge in [0.2, 0.25) is 5.78 Å². The Labute approximate surface area is 81.8 Å². The topological polar surface area (TPSA) is 56.2 Å². The Bertz CT molecular complexity index is 470. The van der Waals surface area contributed by atoms with Crippen molar-refractivity contribution < 1.29 is 0 Å². The van der Waals surface area contributed by atoms with E-state index in [4.69, 9.17) is 5.73 Å². The van der Waals surface area contributed by atoms with Crippen LogP contribution in [0.4, 0.5) is 0 Å². The van der Waals surface area contributed by atoms with Crippen LogP contribution in [-0.2, 0) is 6.54 Å². The number of fused-ring (bicyclic) bond motifs is 1. The van der Waals surface area contributed by atoms with E-state index in [0.717, 1.165) is 17.4 Å². The molecular weight excluding hydrogens is 176 g/mol. The highest BCUT2D eigenvalue weighted by Crippen LogP contribution is 2.39. The first-order valence-electron chi connectivity index (χ1n) is 4.90. The van der Waals surface area contributed by atoms with Gasteiger partial charge in [0.1, 0.15) is 0 Å². The average Bonchev–Trinajstić information content (AvgIpc) is 2.98. The normalized spacial score (nSPS) is 16.4. The second kappa shape index (κ2) is 2.78. The van der Waals surface area contributed by atoms with Gasteiger partial charge in [-0.25, -0.2) is 9.97 Å². The number of imidazole rings is 1. The SMILES string of the molecule is NCc1cnc2ncc(C3CC3)cn12. The van der Waals surface area contributed by atoms with Gasteiger partial charge >= 0.3 is 0 Å². The Kier molecular flexibility index (Phi) is 1.58. The second-order valence-electron chi connectivity index (χ2n) is 3.79. The summed E-state index contributed by atoms with van der Waals surface area (Å²) in [6.45, 7) is 0.511. The third kappa shape index (κ3) is 1.11. The third-order valence-electron chi connectivity index (χ3n) is 2.72. The zero-order chi connectivity index (χ0) is 9.54. The molecule has 0 atom stereocenters. The van der Waals surface area contributed by atoms with Crippen molar-refractivity contribution >= 4 is 5.78 Å². The van der Waals surface area contributed by atoms with Crippen LogP contribution in [0, 0.1) is 0 Å². The van der Waals surface area contributed by atoms with Crippen molar-refractivity contribution in [2.45, 2.75) is 25.3 Å². The molecule has 2 N–H and O–H groups in total. The van der Waals surface area contributed by atoms with Gasteiger partial charge in [0, 0.05) is 18.9 Å². The van der Waals surface area contributed by atoms with Gasteiger partial charge < -0.3 is 5.73 Å². The zero-order valence-electron chi connectivity index (χ0n) is 7.85. The van der Waals surface area contributed by atoms with Crippen LogP contribution in [0.2, 0.25) is 0 Å². The summed E-state index contributed by atoms with van der Waals surface area (Å²) in [5, 5.41) is 0. The molecular formula is C10H12N4. The van der Waals surface area contributed by atoms with Crippen LogP contribution in [0.1, 0.15) is 30.0 Å². The van der Waals surface area contributed by atoms with Gasteiger partial charge in [-0.1, -0.05) is 0 Å². The summed E-state index contributed by atoms with van der Waals surface area (Å²) in [7, 11) is 0. The minimum atomic E-state index is 0.511. The van der Waals surface area contributed by atoms with E-state index in [2.05, 4.69) is 16.2 Å². The fourth-order valence-electron chi connectivity index (χ4n) is 1.71. The fourth-order valence-corrected chi connectivity index (χ4v) is 1.71. The standard InChI is InChI=1S/C10H12N4/c11-3-9-5-13-10-12-4-8(6-14(9)10)7-1-2-7/h4-7H,1-3,11H2. The lowest BCUT2D eigenvalue weighted by Crippen LogP contribution is -2.02. The molecule has 1 fully saturated rings. The minimum absolute atomic E-state index is 0.511. The Morgan fingerprint density at radius 2 is 2.14 bits per heavy atom. The van der Waals surface area contributed by atoms with Gasteiger partial charge in [-0.05, 0) is 24.3 Å². The average molecular weight is 188 g/mol. The van der Waals surface area contributed by atoms with E-state index in [9.17, 15) is 0 Å². The molecule has 0 bridgehead atoms. The van der Waals surface area contributed by atoms with Crippen LogP contribution >= 0.6 is 0 Å². The molecule has 2 aromatic rings. The van der Waals surface area contributed by atoms with Crippen molar-refractivity contribution in [1.82, 2.24) is 14.4 Å². The molecule has 4 heteroatoms. The van der Waals surface area contributed by atoms with Crippen LogP contribution < -0.4 is 5.73 Å². The third-order valence-corrected chi connectivity index (χ3v) is 2.72. The van der Waals surface area contributed by atoms with Crippen LogP contribution in [0.5, 0.6) is 0 Å². The maximum Gasteiger partial charge on any atom is 0.233 e. The zero-order valence-corrected chi connectivity index (χ0v) is 7.85. The quantitative estimate of drug-likeness (QED) is 0.766. The maximum atomic E-state index is 5.61. The van der Waals surface area contributed by atoms with Crippen LogP contribution in [0.15, 0.2) is 18.6 Å². The summed E-state index contributed by atoms with van der Waals surface area (Å²) in [4.78, 5) is 8.49. The molecule has 0 amide bonds. The number of hydrogen-bond donors (Lipinski definition) is 1. The van der Waals surface area contributed by atoms with Crippen molar-refractivity contribution in [2.24, 2.45) is 5.73 Å². The lowest BCUT2D eigenvalue weighted by atomic mass is 10.2. The Balaban J connectivity index is 2.18. The molecule has 2 aromatic heterocycles. The van der Waals surface area contributed by atoms with E-state index in [1.165, 1.54) is 18.4 Å². The number of aromatic nitrogens is 3. The monoisotopic (exact) mass is 188 g/mol. The van der Waals surface area contributed by atoms with Gasteiger partial charge in [0.25, 0.3) is 0 Å². The summed E-state index contributed by atoms with van der Waals surface area (Å²) in [6, 6.07) is 0. The van der Waals surface area contributed by atoms with Gasteiger partial charge in [0.05, 0.1) is 11.9 Å². The minimum Gasteiger partial charge on any atom is -0.325 e. The first-order chi connectivity index (χ1) is 6.88. The second-order valence-corrected chi connectivity index (χ2v) is 3.79. The highest BCUT2D eigenvalue weighted by Gasteiger charge is 2.24. The van der Waals surface area contributed by atoms with Crippen molar-refractivity contribution in [1.29, 1.82) is 0 Å². The van der Waals surface area contributed by atoms with Crippen molar-refractivity contribution in [3.05, 3.63) is 29.8 Å². The van der Waals surface area contributed by atoms with Gasteiger partial charge in [-0.2, -0.15) is 0 Å². The number of nitrogens with two attached hydrogens (primary N) is 1. The van der Waals surface area contributed by atoms with Crippen LogP contribution in [-0.4, -0.2) is 14.4 Å². The molecule has 4 nitrogen and oxygen atoms in total. The van der Waals surface area contributed by atoms with E-state index in [1.54, 1.807) is 6.20 Å². The molecule has 0 unspecified atom stereocenters. The highest BCUT2D eigenvalue weighted by atomic mass is 15.1. The molecule has 1 aliphatic carbocycles. The molecule has 2 heterocycles. The molecule has 1 aliphatic rings. The van der Waals surface area contributed by atoms with E-state index in [-0.39, 0.29) is 0 Å². The summed E-state index contributed by atoms with van der Waals surface area (Å²) in [6.07, 6.45) is 8.42. The van der Waals surface area contributed by atoms with Gasteiger partial charge in [0.15, 0.2) is 0 Å². The Morgan fingerprint density at radius 1 is 1.36 bits per heavy atom. The van der Waals surface area contributed by atoms with Crippen molar-refractivity contribution in [3.63, 3.8) is 0 Å². The van der Waals surface area contributed by atoms with Crippen LogP contribution in [0.3, 0.4) is 0 Å². The molecule has 14 heavy (non-hydrogen) atoms. The smallest absolute Gasteiger partial charge is 0.233 e. The van der Waals surface area contributed by atoms with E-state index in [1.807, 2.05) is 10.6 Å². The predicted octanol–water partition coefficient (Wildman–Crippen LogP) is 1.07. The van der Waals surface area contributed by atoms with Crippen molar-refractivity contribution in [2.75, 3.05) is 0 Å². The van der Waals surface area contributed by atoms with E-state index >= 15 is 0 Å². The summed E-state index contributed by atoms with van der Waals surface area (Å²) in [5.74, 6) is 1.47. The number of rotatable bonds is 2. The van der Waals surface area contributed by atoms with Crippen molar-refractivity contribution in [3.8, 4) is 0 Å². The molecule has 0 spiro atoms. The first-order valence-corrected chi connectivity index (χ1v) is 4.90. The molecule has 0 aromatic carbocycles. The molecule has 72 valence electrons. The lowest BCUT2D eigenvalue weighted by molar-refractivity contribution is 0.924. The molecule has 0 radical (unpaired) electrons. The van der Waals surface area contributed by atoms with Gasteiger partial charge in [-0.3, -0.25) is 4.40 Å². The summed E-state index contributed by atoms with van der Waals surface area (Å²) >= 11 is 0. The Morgan fingerprint density at radius 3 is 2.86 bits per heavy atom.